The Morgan fingerprint density at radius 2 is 2.07 bits per heavy atom. The van der Waals surface area contributed by atoms with E-state index < -0.39 is 0 Å². The number of hydrogen-bond donors (Lipinski definition) is 3. The molecule has 3 aromatic rings. The van der Waals surface area contributed by atoms with Crippen LogP contribution in [0.4, 0.5) is 0 Å². The summed E-state index contributed by atoms with van der Waals surface area (Å²) < 4.78 is 0. The van der Waals surface area contributed by atoms with Crippen molar-refractivity contribution in [1.82, 2.24) is 20.3 Å². The van der Waals surface area contributed by atoms with Crippen LogP contribution in [-0.2, 0) is 13.0 Å². The predicted molar refractivity (Wildman–Crippen MR) is 111 cm³/mol. The molecule has 0 radical (unpaired) electrons. The highest BCUT2D eigenvalue weighted by atomic mass is 16.1. The molecule has 1 aromatic carbocycles. The van der Waals surface area contributed by atoms with Crippen LogP contribution in [0.1, 0.15) is 48.1 Å². The van der Waals surface area contributed by atoms with Crippen LogP contribution in [0.3, 0.4) is 0 Å². The van der Waals surface area contributed by atoms with Gasteiger partial charge in [0.1, 0.15) is 11.5 Å². The molecule has 0 spiro atoms. The number of benzene rings is 1. The highest BCUT2D eigenvalue weighted by Gasteiger charge is 2.22. The molecule has 1 unspecified atom stereocenters. The molecule has 2 heterocycles. The highest BCUT2D eigenvalue weighted by molar-refractivity contribution is 5.99. The molecule has 0 aliphatic heterocycles. The van der Waals surface area contributed by atoms with E-state index in [1.807, 2.05) is 24.4 Å². The number of unbranched alkanes of at least 4 members (excludes halogenated alkanes) is 2. The number of Topliss-reactive ketones (excluding diaryl/α,β-unsaturated/α-hetero) is 1. The lowest BCUT2D eigenvalue weighted by atomic mass is 9.99. The largest absolute Gasteiger partial charge is 0.412 e. The number of aromatic amines is 1. The average molecular weight is 383 g/mol. The van der Waals surface area contributed by atoms with Gasteiger partial charge in [-0.2, -0.15) is 0 Å². The fraction of sp³-hybridized carbons (Fsp3) is 0.381. The maximum absolute atomic E-state index is 13.1. The lowest BCUT2D eigenvalue weighted by Crippen LogP contribution is -2.39. The molecule has 0 fully saturated rings. The van der Waals surface area contributed by atoms with Crippen molar-refractivity contribution in [2.24, 2.45) is 5.73 Å². The van der Waals surface area contributed by atoms with E-state index in [1.165, 1.54) is 0 Å². The maximum atomic E-state index is 13.1. The van der Waals surface area contributed by atoms with E-state index in [0.717, 1.165) is 42.3 Å². The summed E-state index contributed by atoms with van der Waals surface area (Å²) in [6.45, 7) is 3.20. The van der Waals surface area contributed by atoms with Gasteiger partial charge in [-0.25, -0.2) is 9.97 Å². The fourth-order valence-corrected chi connectivity index (χ4v) is 3.24. The predicted octanol–water partition coefficient (Wildman–Crippen LogP) is 2.17. The number of nitrogens with one attached hydrogen (secondary N) is 2. The highest BCUT2D eigenvalue weighted by Crippen LogP contribution is 2.20. The van der Waals surface area contributed by atoms with Gasteiger partial charge in [0.05, 0.1) is 12.6 Å². The number of nitrogens with two attached hydrogens (primary N) is 1. The first-order chi connectivity index (χ1) is 13.2. The van der Waals surface area contributed by atoms with Crippen molar-refractivity contribution in [2.75, 3.05) is 6.54 Å². The van der Waals surface area contributed by atoms with Crippen LogP contribution in [0.25, 0.3) is 10.9 Å². The number of H-pyrrole nitrogens is 1. The Labute approximate surface area is 165 Å². The van der Waals surface area contributed by atoms with E-state index in [1.54, 1.807) is 12.3 Å². The van der Waals surface area contributed by atoms with Gasteiger partial charge in [0.15, 0.2) is 5.78 Å². The van der Waals surface area contributed by atoms with Crippen LogP contribution in [0.15, 0.2) is 42.7 Å². The topological polar surface area (TPSA) is 128 Å². The third-order valence-electron chi connectivity index (χ3n) is 4.73. The molecule has 1 atom stereocenters. The van der Waals surface area contributed by atoms with Gasteiger partial charge in [0.2, 0.25) is 0 Å². The second kappa shape index (κ2) is 10.7. The van der Waals surface area contributed by atoms with Crippen molar-refractivity contribution in [2.45, 2.75) is 45.2 Å². The summed E-state index contributed by atoms with van der Waals surface area (Å²) in [4.78, 5) is 24.8. The monoisotopic (exact) mass is 383 g/mol. The molecule has 6 N–H and O–H groups in total. The summed E-state index contributed by atoms with van der Waals surface area (Å²) in [6, 6.07) is 9.48. The summed E-state index contributed by atoms with van der Waals surface area (Å²) in [5.74, 6) is 0.464. The second-order valence-corrected chi connectivity index (χ2v) is 6.70. The van der Waals surface area contributed by atoms with Crippen LogP contribution in [-0.4, -0.2) is 38.8 Å². The zero-order chi connectivity index (χ0) is 19.1. The lowest BCUT2D eigenvalue weighted by molar-refractivity contribution is 0.0937. The summed E-state index contributed by atoms with van der Waals surface area (Å²) in [7, 11) is 0. The van der Waals surface area contributed by atoms with Crippen molar-refractivity contribution < 1.29 is 10.3 Å². The summed E-state index contributed by atoms with van der Waals surface area (Å²) in [5.41, 5.74) is 8.25. The Bertz CT molecular complexity index is 893. The molecule has 0 aliphatic carbocycles. The molecule has 3 rings (SSSR count). The molecule has 0 amide bonds. The van der Waals surface area contributed by atoms with Crippen LogP contribution in [0, 0.1) is 0 Å². The van der Waals surface area contributed by atoms with Gasteiger partial charge in [-0.3, -0.25) is 4.79 Å². The Balaban J connectivity index is 0.00000280. The molecule has 0 saturated heterocycles. The minimum absolute atomic E-state index is 0. The zero-order valence-corrected chi connectivity index (χ0v) is 16.2. The number of carbonyl (C=O) groups is 1. The quantitative estimate of drug-likeness (QED) is 0.365. The minimum atomic E-state index is -0.332. The van der Waals surface area contributed by atoms with E-state index in [4.69, 9.17) is 5.73 Å². The summed E-state index contributed by atoms with van der Waals surface area (Å²) in [6.07, 6.45) is 7.54. The van der Waals surface area contributed by atoms with E-state index in [2.05, 4.69) is 33.3 Å². The first-order valence-corrected chi connectivity index (χ1v) is 9.57. The number of para-hydroxylation sites is 1. The molecule has 28 heavy (non-hydrogen) atoms. The fourth-order valence-electron chi connectivity index (χ4n) is 3.24. The second-order valence-electron chi connectivity index (χ2n) is 6.70. The number of hydrogen-bond acceptors (Lipinski definition) is 5. The smallest absolute Gasteiger partial charge is 0.198 e. The molecule has 0 aliphatic rings. The molecule has 0 bridgehead atoms. The first-order valence-electron chi connectivity index (χ1n) is 9.57. The Kier molecular flexibility index (Phi) is 8.25. The number of aromatic nitrogens is 3. The normalized spacial score (nSPS) is 11.9. The van der Waals surface area contributed by atoms with Gasteiger partial charge in [0, 0.05) is 23.3 Å². The molecule has 7 heteroatoms. The average Bonchev–Trinajstić information content (AvgIpc) is 3.12. The third-order valence-corrected chi connectivity index (χ3v) is 4.73. The zero-order valence-electron chi connectivity index (χ0n) is 16.2. The van der Waals surface area contributed by atoms with Crippen molar-refractivity contribution in [1.29, 1.82) is 0 Å². The number of nitrogens with zero attached hydrogens (tertiary/aromatic N) is 2. The Morgan fingerprint density at radius 3 is 2.86 bits per heavy atom. The van der Waals surface area contributed by atoms with Crippen molar-refractivity contribution >= 4 is 16.7 Å². The third kappa shape index (κ3) is 5.22. The van der Waals surface area contributed by atoms with Gasteiger partial charge in [-0.05, 0) is 37.1 Å². The molecular weight excluding hydrogens is 354 g/mol. The molecule has 7 nitrogen and oxygen atoms in total. The van der Waals surface area contributed by atoms with E-state index >= 15 is 0 Å². The minimum Gasteiger partial charge on any atom is -0.412 e. The summed E-state index contributed by atoms with van der Waals surface area (Å²) in [5, 5.41) is 4.59. The molecule has 150 valence electrons. The van der Waals surface area contributed by atoms with Crippen LogP contribution in [0.5, 0.6) is 0 Å². The van der Waals surface area contributed by atoms with E-state index in [9.17, 15) is 4.79 Å². The summed E-state index contributed by atoms with van der Waals surface area (Å²) >= 11 is 0. The number of ketones is 1. The van der Waals surface area contributed by atoms with Crippen LogP contribution < -0.4 is 11.1 Å². The van der Waals surface area contributed by atoms with Gasteiger partial charge in [-0.1, -0.05) is 38.0 Å². The lowest BCUT2D eigenvalue weighted by Gasteiger charge is -2.17. The van der Waals surface area contributed by atoms with Gasteiger partial charge in [0.25, 0.3) is 0 Å². The number of fused-ring (bicyclic) bond motifs is 1. The van der Waals surface area contributed by atoms with Crippen LogP contribution >= 0.6 is 0 Å². The Hall–Kier alpha value is -2.61. The maximum Gasteiger partial charge on any atom is 0.198 e. The molecule has 2 aromatic heterocycles. The van der Waals surface area contributed by atoms with Gasteiger partial charge in [-0.15, -0.1) is 0 Å². The standard InChI is InChI=1S/C21H27N5O.H2O/c1-2-3-6-10-23-19(21(27)18-9-11-24-20(13-22)26-18)12-15-14-25-17-8-5-4-7-16(15)17;/h4-5,7-9,11,14,19,23,25H,2-3,6,10,12-13,22H2,1H3;1H2. The van der Waals surface area contributed by atoms with E-state index in [0.29, 0.717) is 17.9 Å². The van der Waals surface area contributed by atoms with Crippen molar-refractivity contribution in [3.63, 3.8) is 0 Å². The molecule has 0 saturated carbocycles. The van der Waals surface area contributed by atoms with Crippen molar-refractivity contribution in [3.05, 3.63) is 59.8 Å². The van der Waals surface area contributed by atoms with Gasteiger partial charge < -0.3 is 21.5 Å². The molecular formula is C21H29N5O2. The number of carbonyl (C=O) groups excluding carboxylic acids is 1. The van der Waals surface area contributed by atoms with E-state index in [-0.39, 0.29) is 23.8 Å². The number of rotatable bonds is 10. The Morgan fingerprint density at radius 1 is 1.25 bits per heavy atom. The van der Waals surface area contributed by atoms with Crippen molar-refractivity contribution in [3.8, 4) is 0 Å². The van der Waals surface area contributed by atoms with Gasteiger partial charge >= 0.3 is 0 Å². The SMILES string of the molecule is CCCCCNC(Cc1c[nH]c2ccccc12)C(=O)c1ccnc(CN)n1.O. The first kappa shape index (κ1) is 21.7. The van der Waals surface area contributed by atoms with Crippen LogP contribution in [0.2, 0.25) is 0 Å².